The summed E-state index contributed by atoms with van der Waals surface area (Å²) in [5, 5.41) is 3.48. The van der Waals surface area contributed by atoms with Crippen LogP contribution in [0.15, 0.2) is 24.4 Å². The smallest absolute Gasteiger partial charge is 0.145 e. The van der Waals surface area contributed by atoms with E-state index in [0.29, 0.717) is 6.04 Å². The molecule has 1 N–H and O–H groups in total. The Morgan fingerprint density at radius 3 is 2.96 bits per heavy atom. The molecule has 1 unspecified atom stereocenters. The molecule has 0 spiro atoms. The molecular formula is C20H26N4O2. The van der Waals surface area contributed by atoms with Gasteiger partial charge >= 0.3 is 0 Å². The standard InChI is InChI=1S/C20H26N4O2/c1-25-16-5-6-19(26-2)14(10-16)12-24-9-7-17-15(13-24)11-22-20(23-17)18-4-3-8-21-18/h5-6,10-11,18,21H,3-4,7-9,12-13H2,1-2H3. The summed E-state index contributed by atoms with van der Waals surface area (Å²) in [4.78, 5) is 11.9. The lowest BCUT2D eigenvalue weighted by atomic mass is 10.1. The van der Waals surface area contributed by atoms with E-state index in [1.807, 2.05) is 18.3 Å². The van der Waals surface area contributed by atoms with Crippen LogP contribution in [0.4, 0.5) is 0 Å². The quantitative estimate of drug-likeness (QED) is 0.890. The molecule has 138 valence electrons. The van der Waals surface area contributed by atoms with Crippen molar-refractivity contribution in [2.45, 2.75) is 38.4 Å². The van der Waals surface area contributed by atoms with Crippen molar-refractivity contribution in [3.05, 3.63) is 47.0 Å². The number of ether oxygens (including phenoxy) is 2. The van der Waals surface area contributed by atoms with Crippen molar-refractivity contribution >= 4 is 0 Å². The Morgan fingerprint density at radius 1 is 1.27 bits per heavy atom. The van der Waals surface area contributed by atoms with Crippen LogP contribution < -0.4 is 14.8 Å². The van der Waals surface area contributed by atoms with Gasteiger partial charge in [-0.2, -0.15) is 0 Å². The summed E-state index contributed by atoms with van der Waals surface area (Å²) >= 11 is 0. The fourth-order valence-corrected chi connectivity index (χ4v) is 3.84. The Kier molecular flexibility index (Phi) is 5.04. The highest BCUT2D eigenvalue weighted by Crippen LogP contribution is 2.28. The molecule has 1 fully saturated rings. The molecule has 4 rings (SSSR count). The van der Waals surface area contributed by atoms with Gasteiger partial charge in [-0.25, -0.2) is 9.97 Å². The van der Waals surface area contributed by atoms with E-state index in [-0.39, 0.29) is 0 Å². The minimum Gasteiger partial charge on any atom is -0.497 e. The molecule has 6 nitrogen and oxygen atoms in total. The molecule has 2 aromatic rings. The molecule has 0 aliphatic carbocycles. The van der Waals surface area contributed by atoms with Gasteiger partial charge in [0.25, 0.3) is 0 Å². The SMILES string of the molecule is COc1ccc(OC)c(CN2CCc3nc(C4CCCN4)ncc3C2)c1. The van der Waals surface area contributed by atoms with Gasteiger partial charge in [0.15, 0.2) is 0 Å². The third-order valence-electron chi connectivity index (χ3n) is 5.29. The fraction of sp³-hybridized carbons (Fsp3) is 0.500. The third kappa shape index (κ3) is 3.52. The maximum absolute atomic E-state index is 5.51. The molecule has 3 heterocycles. The van der Waals surface area contributed by atoms with Gasteiger partial charge in [0, 0.05) is 49.1 Å². The molecule has 2 aliphatic rings. The molecule has 0 saturated carbocycles. The first kappa shape index (κ1) is 17.2. The van der Waals surface area contributed by atoms with Crippen molar-refractivity contribution in [2.75, 3.05) is 27.3 Å². The number of rotatable bonds is 5. The maximum Gasteiger partial charge on any atom is 0.145 e. The van der Waals surface area contributed by atoms with Crippen molar-refractivity contribution in [2.24, 2.45) is 0 Å². The molecule has 0 radical (unpaired) electrons. The second-order valence-corrected chi connectivity index (χ2v) is 6.99. The van der Waals surface area contributed by atoms with E-state index in [0.717, 1.165) is 61.9 Å². The van der Waals surface area contributed by atoms with Gasteiger partial charge in [-0.1, -0.05) is 0 Å². The normalized spacial score (nSPS) is 20.0. The number of methoxy groups -OCH3 is 2. The number of nitrogens with one attached hydrogen (secondary N) is 1. The summed E-state index contributed by atoms with van der Waals surface area (Å²) < 4.78 is 10.9. The average Bonchev–Trinajstić information content (AvgIpc) is 3.22. The Morgan fingerprint density at radius 2 is 2.19 bits per heavy atom. The molecule has 26 heavy (non-hydrogen) atoms. The van der Waals surface area contributed by atoms with E-state index < -0.39 is 0 Å². The van der Waals surface area contributed by atoms with Gasteiger partial charge in [-0.3, -0.25) is 4.90 Å². The summed E-state index contributed by atoms with van der Waals surface area (Å²) in [7, 11) is 3.40. The van der Waals surface area contributed by atoms with Crippen molar-refractivity contribution in [1.82, 2.24) is 20.2 Å². The van der Waals surface area contributed by atoms with E-state index in [1.54, 1.807) is 14.2 Å². The molecule has 6 heteroatoms. The molecule has 0 bridgehead atoms. The number of hydrogen-bond donors (Lipinski definition) is 1. The van der Waals surface area contributed by atoms with Crippen molar-refractivity contribution in [1.29, 1.82) is 0 Å². The van der Waals surface area contributed by atoms with Gasteiger partial charge in [0.1, 0.15) is 17.3 Å². The zero-order valence-electron chi connectivity index (χ0n) is 15.5. The van der Waals surface area contributed by atoms with Gasteiger partial charge in [-0.15, -0.1) is 0 Å². The number of hydrogen-bond acceptors (Lipinski definition) is 6. The molecule has 1 saturated heterocycles. The van der Waals surface area contributed by atoms with Crippen LogP contribution in [-0.2, 0) is 19.5 Å². The van der Waals surface area contributed by atoms with E-state index in [1.165, 1.54) is 17.7 Å². The predicted molar refractivity (Wildman–Crippen MR) is 99.4 cm³/mol. The zero-order valence-corrected chi connectivity index (χ0v) is 15.5. The Balaban J connectivity index is 1.48. The van der Waals surface area contributed by atoms with Crippen LogP contribution in [0.25, 0.3) is 0 Å². The fourth-order valence-electron chi connectivity index (χ4n) is 3.84. The lowest BCUT2D eigenvalue weighted by Gasteiger charge is -2.29. The van der Waals surface area contributed by atoms with E-state index in [2.05, 4.69) is 21.3 Å². The largest absolute Gasteiger partial charge is 0.497 e. The number of nitrogens with zero attached hydrogens (tertiary/aromatic N) is 3. The predicted octanol–water partition coefficient (Wildman–Crippen LogP) is 2.48. The van der Waals surface area contributed by atoms with Crippen LogP contribution in [0.2, 0.25) is 0 Å². The molecule has 1 atom stereocenters. The van der Waals surface area contributed by atoms with Gasteiger partial charge in [-0.05, 0) is 37.6 Å². The average molecular weight is 354 g/mol. The molecule has 2 aliphatic heterocycles. The Hall–Kier alpha value is -2.18. The topological polar surface area (TPSA) is 59.5 Å². The van der Waals surface area contributed by atoms with Crippen LogP contribution in [0.5, 0.6) is 11.5 Å². The minimum atomic E-state index is 0.333. The second-order valence-electron chi connectivity index (χ2n) is 6.99. The number of benzene rings is 1. The summed E-state index contributed by atoms with van der Waals surface area (Å²) in [5.74, 6) is 2.72. The molecule has 1 aromatic carbocycles. The van der Waals surface area contributed by atoms with Gasteiger partial charge < -0.3 is 14.8 Å². The Labute approximate surface area is 154 Å². The molecular weight excluding hydrogens is 328 g/mol. The number of fused-ring (bicyclic) bond motifs is 1. The second kappa shape index (κ2) is 7.60. The van der Waals surface area contributed by atoms with Crippen molar-refractivity contribution < 1.29 is 9.47 Å². The first-order valence-corrected chi connectivity index (χ1v) is 9.28. The van der Waals surface area contributed by atoms with E-state index in [4.69, 9.17) is 14.5 Å². The van der Waals surface area contributed by atoms with E-state index in [9.17, 15) is 0 Å². The zero-order chi connectivity index (χ0) is 17.9. The first-order chi connectivity index (χ1) is 12.8. The highest BCUT2D eigenvalue weighted by atomic mass is 16.5. The summed E-state index contributed by atoms with van der Waals surface area (Å²) in [6.07, 6.45) is 5.33. The minimum absolute atomic E-state index is 0.333. The van der Waals surface area contributed by atoms with Crippen LogP contribution >= 0.6 is 0 Å². The summed E-state index contributed by atoms with van der Waals surface area (Å²) in [5.41, 5.74) is 3.58. The highest BCUT2D eigenvalue weighted by Gasteiger charge is 2.23. The third-order valence-corrected chi connectivity index (χ3v) is 5.29. The van der Waals surface area contributed by atoms with E-state index >= 15 is 0 Å². The first-order valence-electron chi connectivity index (χ1n) is 9.28. The van der Waals surface area contributed by atoms with Gasteiger partial charge in [0.2, 0.25) is 0 Å². The highest BCUT2D eigenvalue weighted by molar-refractivity contribution is 5.40. The van der Waals surface area contributed by atoms with Crippen molar-refractivity contribution in [3.8, 4) is 11.5 Å². The lowest BCUT2D eigenvalue weighted by molar-refractivity contribution is 0.238. The van der Waals surface area contributed by atoms with Gasteiger partial charge in [0.05, 0.1) is 20.3 Å². The molecule has 1 aromatic heterocycles. The monoisotopic (exact) mass is 354 g/mol. The van der Waals surface area contributed by atoms with Crippen LogP contribution in [0.3, 0.4) is 0 Å². The molecule has 0 amide bonds. The van der Waals surface area contributed by atoms with Crippen LogP contribution in [0.1, 0.15) is 41.5 Å². The number of aromatic nitrogens is 2. The maximum atomic E-state index is 5.51. The lowest BCUT2D eigenvalue weighted by Crippen LogP contribution is -2.31. The van der Waals surface area contributed by atoms with Crippen LogP contribution in [-0.4, -0.2) is 42.2 Å². The summed E-state index contributed by atoms with van der Waals surface area (Å²) in [6, 6.07) is 6.29. The summed E-state index contributed by atoms with van der Waals surface area (Å²) in [6.45, 7) is 3.75. The Bertz CT molecular complexity index is 774. The van der Waals surface area contributed by atoms with Crippen molar-refractivity contribution in [3.63, 3.8) is 0 Å². The van der Waals surface area contributed by atoms with Crippen LogP contribution in [0, 0.1) is 0 Å².